The second-order valence-corrected chi connectivity index (χ2v) is 6.58. The van der Waals surface area contributed by atoms with E-state index in [0.29, 0.717) is 31.7 Å². The zero-order valence-corrected chi connectivity index (χ0v) is 12.3. The van der Waals surface area contributed by atoms with E-state index in [1.807, 2.05) is 0 Å². The van der Waals surface area contributed by atoms with Crippen LogP contribution in [0.2, 0.25) is 0 Å². The van der Waals surface area contributed by atoms with E-state index < -0.39 is 23.9 Å². The van der Waals surface area contributed by atoms with Crippen molar-refractivity contribution in [2.75, 3.05) is 6.54 Å². The maximum atomic E-state index is 13.0. The molecular weight excluding hydrogens is 281 g/mol. The predicted octanol–water partition coefficient (Wildman–Crippen LogP) is 2.99. The summed E-state index contributed by atoms with van der Waals surface area (Å²) < 4.78 is 39.0. The molecule has 0 bridgehead atoms. The zero-order chi connectivity index (χ0) is 15.5. The lowest BCUT2D eigenvalue weighted by molar-refractivity contribution is -0.198. The standard InChI is InChI=1S/C15H25F3N2O/c16-15(17,18)13-7-2-1-6-12(13)14(21)20-9-10-4-3-5-11(19)8-10/h10-13H,1-9,19H2,(H,20,21). The summed E-state index contributed by atoms with van der Waals surface area (Å²) in [6, 6.07) is 0.165. The minimum atomic E-state index is -4.27. The first-order valence-electron chi connectivity index (χ1n) is 7.98. The van der Waals surface area contributed by atoms with E-state index in [4.69, 9.17) is 5.73 Å². The van der Waals surface area contributed by atoms with Gasteiger partial charge in [0.05, 0.1) is 5.92 Å². The molecule has 0 aromatic carbocycles. The number of halogens is 3. The largest absolute Gasteiger partial charge is 0.392 e. The molecule has 1 amide bonds. The Morgan fingerprint density at radius 1 is 1.10 bits per heavy atom. The topological polar surface area (TPSA) is 55.1 Å². The molecule has 2 saturated carbocycles. The van der Waals surface area contributed by atoms with Crippen molar-refractivity contribution in [3.05, 3.63) is 0 Å². The molecule has 0 heterocycles. The number of hydrogen-bond acceptors (Lipinski definition) is 2. The molecule has 2 fully saturated rings. The van der Waals surface area contributed by atoms with Gasteiger partial charge >= 0.3 is 6.18 Å². The number of carbonyl (C=O) groups is 1. The molecule has 0 aromatic heterocycles. The van der Waals surface area contributed by atoms with Crippen LogP contribution in [0.15, 0.2) is 0 Å². The third-order valence-corrected chi connectivity index (χ3v) is 4.91. The van der Waals surface area contributed by atoms with E-state index in [2.05, 4.69) is 5.32 Å². The van der Waals surface area contributed by atoms with E-state index in [1.54, 1.807) is 0 Å². The van der Waals surface area contributed by atoms with Crippen LogP contribution < -0.4 is 11.1 Å². The summed E-state index contributed by atoms with van der Waals surface area (Å²) in [5.41, 5.74) is 5.89. The van der Waals surface area contributed by atoms with E-state index in [0.717, 1.165) is 25.7 Å². The Hall–Kier alpha value is -0.780. The Balaban J connectivity index is 1.86. The lowest BCUT2D eigenvalue weighted by atomic mass is 9.78. The molecule has 0 spiro atoms. The maximum absolute atomic E-state index is 13.0. The van der Waals surface area contributed by atoms with E-state index in [-0.39, 0.29) is 12.5 Å². The zero-order valence-electron chi connectivity index (χ0n) is 12.3. The first kappa shape index (κ1) is 16.6. The lowest BCUT2D eigenvalue weighted by Crippen LogP contribution is -2.44. The van der Waals surface area contributed by atoms with Crippen LogP contribution in [-0.4, -0.2) is 24.7 Å². The molecule has 3 N–H and O–H groups in total. The number of nitrogens with two attached hydrogens (primary N) is 1. The van der Waals surface area contributed by atoms with E-state index in [1.165, 1.54) is 0 Å². The van der Waals surface area contributed by atoms with Gasteiger partial charge in [-0.15, -0.1) is 0 Å². The van der Waals surface area contributed by atoms with Gasteiger partial charge in [-0.25, -0.2) is 0 Å². The fourth-order valence-corrected chi connectivity index (χ4v) is 3.73. The normalized spacial score (nSPS) is 34.5. The van der Waals surface area contributed by atoms with Crippen LogP contribution in [-0.2, 0) is 4.79 Å². The monoisotopic (exact) mass is 306 g/mol. The van der Waals surface area contributed by atoms with Gasteiger partial charge in [0.1, 0.15) is 0 Å². The molecule has 4 unspecified atom stereocenters. The molecule has 0 saturated heterocycles. The van der Waals surface area contributed by atoms with Crippen molar-refractivity contribution in [1.29, 1.82) is 0 Å². The first-order valence-corrected chi connectivity index (χ1v) is 7.98. The Morgan fingerprint density at radius 3 is 2.48 bits per heavy atom. The number of amides is 1. The van der Waals surface area contributed by atoms with Crippen LogP contribution in [0.3, 0.4) is 0 Å². The van der Waals surface area contributed by atoms with E-state index in [9.17, 15) is 18.0 Å². The average Bonchev–Trinajstić information content (AvgIpc) is 2.44. The third-order valence-electron chi connectivity index (χ3n) is 4.91. The molecule has 0 aromatic rings. The van der Waals surface area contributed by atoms with Gasteiger partial charge in [-0.3, -0.25) is 4.79 Å². The summed E-state index contributed by atoms with van der Waals surface area (Å²) in [4.78, 5) is 12.1. The van der Waals surface area contributed by atoms with Crippen LogP contribution in [0.5, 0.6) is 0 Å². The molecule has 2 aliphatic carbocycles. The van der Waals surface area contributed by atoms with Gasteiger partial charge in [0.15, 0.2) is 0 Å². The SMILES string of the molecule is NC1CCCC(CNC(=O)C2CCCCC2C(F)(F)F)C1. The highest BCUT2D eigenvalue weighted by atomic mass is 19.4. The molecule has 6 heteroatoms. The Kier molecular flexibility index (Phi) is 5.52. The van der Waals surface area contributed by atoms with Crippen molar-refractivity contribution >= 4 is 5.91 Å². The summed E-state index contributed by atoms with van der Waals surface area (Å²) in [5, 5.41) is 2.75. The van der Waals surface area contributed by atoms with Crippen LogP contribution in [0.1, 0.15) is 51.4 Å². The van der Waals surface area contributed by atoms with Crippen molar-refractivity contribution in [2.45, 2.75) is 63.6 Å². The predicted molar refractivity (Wildman–Crippen MR) is 74.4 cm³/mol. The van der Waals surface area contributed by atoms with Crippen LogP contribution in [0, 0.1) is 17.8 Å². The van der Waals surface area contributed by atoms with Crippen LogP contribution in [0.4, 0.5) is 13.2 Å². The van der Waals surface area contributed by atoms with Crippen molar-refractivity contribution in [1.82, 2.24) is 5.32 Å². The van der Waals surface area contributed by atoms with Gasteiger partial charge in [0.2, 0.25) is 5.91 Å². The number of rotatable bonds is 3. The molecule has 122 valence electrons. The van der Waals surface area contributed by atoms with Gasteiger partial charge in [-0.1, -0.05) is 19.3 Å². The summed E-state index contributed by atoms with van der Waals surface area (Å²) in [6.07, 6.45) is 1.32. The second kappa shape index (κ2) is 6.99. The molecule has 21 heavy (non-hydrogen) atoms. The van der Waals surface area contributed by atoms with Gasteiger partial charge < -0.3 is 11.1 Å². The Morgan fingerprint density at radius 2 is 1.81 bits per heavy atom. The third kappa shape index (κ3) is 4.59. The average molecular weight is 306 g/mol. The molecule has 4 atom stereocenters. The fraction of sp³-hybridized carbons (Fsp3) is 0.933. The van der Waals surface area contributed by atoms with Gasteiger partial charge in [0.25, 0.3) is 0 Å². The molecule has 2 rings (SSSR count). The van der Waals surface area contributed by atoms with Crippen molar-refractivity contribution < 1.29 is 18.0 Å². The number of nitrogens with one attached hydrogen (secondary N) is 1. The van der Waals surface area contributed by atoms with Crippen molar-refractivity contribution in [3.8, 4) is 0 Å². The van der Waals surface area contributed by atoms with Crippen LogP contribution >= 0.6 is 0 Å². The summed E-state index contributed by atoms with van der Waals surface area (Å²) >= 11 is 0. The lowest BCUT2D eigenvalue weighted by Gasteiger charge is -2.33. The van der Waals surface area contributed by atoms with Crippen LogP contribution in [0.25, 0.3) is 0 Å². The van der Waals surface area contributed by atoms with Gasteiger partial charge in [-0.05, 0) is 38.0 Å². The highest BCUT2D eigenvalue weighted by molar-refractivity contribution is 5.79. The molecular formula is C15H25F3N2O. The quantitative estimate of drug-likeness (QED) is 0.842. The minimum absolute atomic E-state index is 0.0793. The summed E-state index contributed by atoms with van der Waals surface area (Å²) in [7, 11) is 0. The summed E-state index contributed by atoms with van der Waals surface area (Å²) in [6.45, 7) is 0.466. The van der Waals surface area contributed by atoms with Gasteiger partial charge in [-0.2, -0.15) is 13.2 Å². The Labute approximate surface area is 123 Å². The highest BCUT2D eigenvalue weighted by Gasteiger charge is 2.48. The first-order chi connectivity index (χ1) is 9.88. The second-order valence-electron chi connectivity index (χ2n) is 6.58. The number of alkyl halides is 3. The highest BCUT2D eigenvalue weighted by Crippen LogP contribution is 2.41. The number of hydrogen-bond donors (Lipinski definition) is 2. The maximum Gasteiger partial charge on any atom is 0.392 e. The fourth-order valence-electron chi connectivity index (χ4n) is 3.73. The van der Waals surface area contributed by atoms with E-state index >= 15 is 0 Å². The summed E-state index contributed by atoms with van der Waals surface area (Å²) in [5.74, 6) is -2.49. The van der Waals surface area contributed by atoms with Crippen molar-refractivity contribution in [2.24, 2.45) is 23.5 Å². The van der Waals surface area contributed by atoms with Gasteiger partial charge in [0, 0.05) is 18.5 Å². The molecule has 0 radical (unpaired) electrons. The molecule has 2 aliphatic rings. The smallest absolute Gasteiger partial charge is 0.356 e. The minimum Gasteiger partial charge on any atom is -0.356 e. The Bertz CT molecular complexity index is 359. The molecule has 0 aliphatic heterocycles. The number of carbonyl (C=O) groups excluding carboxylic acids is 1. The van der Waals surface area contributed by atoms with Crippen molar-refractivity contribution in [3.63, 3.8) is 0 Å². The molecule has 3 nitrogen and oxygen atoms in total.